The van der Waals surface area contributed by atoms with Crippen LogP contribution in [0.3, 0.4) is 0 Å². The van der Waals surface area contributed by atoms with Crippen LogP contribution < -0.4 is 5.32 Å². The van der Waals surface area contributed by atoms with Gasteiger partial charge in [0.2, 0.25) is 0 Å². The molecule has 0 aromatic carbocycles. The van der Waals surface area contributed by atoms with Gasteiger partial charge < -0.3 is 5.32 Å². The second-order valence-corrected chi connectivity index (χ2v) is 6.91. The summed E-state index contributed by atoms with van der Waals surface area (Å²) >= 11 is 5.44. The molecule has 1 aromatic rings. The summed E-state index contributed by atoms with van der Waals surface area (Å²) in [5.41, 5.74) is 0. The molecule has 0 saturated heterocycles. The lowest BCUT2D eigenvalue weighted by Crippen LogP contribution is -2.27. The molecule has 1 N–H and O–H groups in total. The fourth-order valence-corrected chi connectivity index (χ4v) is 4.12. The summed E-state index contributed by atoms with van der Waals surface area (Å²) in [6.07, 6.45) is 8.35. The van der Waals surface area contributed by atoms with Crippen LogP contribution in [-0.2, 0) is 6.54 Å². The Morgan fingerprint density at radius 1 is 1.35 bits per heavy atom. The molecular weight excluding hydrogens is 294 g/mol. The van der Waals surface area contributed by atoms with E-state index in [1.165, 1.54) is 47.9 Å². The van der Waals surface area contributed by atoms with E-state index in [-0.39, 0.29) is 0 Å². The van der Waals surface area contributed by atoms with E-state index in [0.717, 1.165) is 18.5 Å². The first-order valence-electron chi connectivity index (χ1n) is 6.74. The molecule has 1 fully saturated rings. The second kappa shape index (κ2) is 6.91. The molecule has 0 radical (unpaired) electrons. The van der Waals surface area contributed by atoms with Crippen molar-refractivity contribution in [2.75, 3.05) is 0 Å². The first-order valence-corrected chi connectivity index (χ1v) is 8.42. The number of hydrogen-bond donors (Lipinski definition) is 1. The van der Waals surface area contributed by atoms with E-state index in [2.05, 4.69) is 39.6 Å². The average Bonchev–Trinajstić information content (AvgIpc) is 2.63. The fourth-order valence-electron chi connectivity index (χ4n) is 2.68. The summed E-state index contributed by atoms with van der Waals surface area (Å²) in [4.78, 5) is 1.43. The Hall–Kier alpha value is 0.140. The Labute approximate surface area is 117 Å². The minimum absolute atomic E-state index is 0.737. The fraction of sp³-hybridized carbons (Fsp3) is 0.714. The summed E-state index contributed by atoms with van der Waals surface area (Å²) < 4.78 is 1.26. The van der Waals surface area contributed by atoms with Crippen molar-refractivity contribution in [3.8, 4) is 0 Å². The normalized spacial score (nSPS) is 25.8. The molecule has 1 heterocycles. The summed E-state index contributed by atoms with van der Waals surface area (Å²) in [6, 6.07) is 2.88. The van der Waals surface area contributed by atoms with Crippen LogP contribution in [0.1, 0.15) is 50.3 Å². The molecule has 3 heteroatoms. The van der Waals surface area contributed by atoms with Crippen molar-refractivity contribution < 1.29 is 0 Å². The molecule has 0 amide bonds. The molecule has 96 valence electrons. The van der Waals surface area contributed by atoms with Crippen LogP contribution >= 0.6 is 27.3 Å². The highest BCUT2D eigenvalue weighted by Gasteiger charge is 2.17. The summed E-state index contributed by atoms with van der Waals surface area (Å²) in [5, 5.41) is 5.88. The smallest absolute Gasteiger partial charge is 0.0327 e. The molecule has 2 atom stereocenters. The molecule has 0 bridgehead atoms. The van der Waals surface area contributed by atoms with Crippen LogP contribution in [0.4, 0.5) is 0 Å². The van der Waals surface area contributed by atoms with Crippen LogP contribution in [0, 0.1) is 5.92 Å². The largest absolute Gasteiger partial charge is 0.309 e. The monoisotopic (exact) mass is 315 g/mol. The minimum Gasteiger partial charge on any atom is -0.309 e. The van der Waals surface area contributed by atoms with Crippen molar-refractivity contribution in [3.05, 3.63) is 20.8 Å². The summed E-state index contributed by atoms with van der Waals surface area (Å²) in [5.74, 6) is 0.982. The highest BCUT2D eigenvalue weighted by molar-refractivity contribution is 9.10. The van der Waals surface area contributed by atoms with Gasteiger partial charge in [0.05, 0.1) is 0 Å². The Morgan fingerprint density at radius 3 is 2.94 bits per heavy atom. The van der Waals surface area contributed by atoms with Gasteiger partial charge in [0.25, 0.3) is 0 Å². The highest BCUT2D eigenvalue weighted by atomic mass is 79.9. The molecule has 0 aliphatic heterocycles. The zero-order valence-corrected chi connectivity index (χ0v) is 12.9. The number of nitrogens with one attached hydrogen (secondary N) is 1. The van der Waals surface area contributed by atoms with Gasteiger partial charge in [0, 0.05) is 21.9 Å². The lowest BCUT2D eigenvalue weighted by atomic mass is 9.98. The minimum atomic E-state index is 0.737. The van der Waals surface area contributed by atoms with Crippen molar-refractivity contribution in [2.24, 2.45) is 5.92 Å². The maximum absolute atomic E-state index is 3.73. The molecular formula is C14H22BrNS. The molecule has 1 aliphatic rings. The number of hydrogen-bond acceptors (Lipinski definition) is 2. The number of thiophene rings is 1. The van der Waals surface area contributed by atoms with Gasteiger partial charge in [-0.15, -0.1) is 11.3 Å². The van der Waals surface area contributed by atoms with Gasteiger partial charge in [0.1, 0.15) is 0 Å². The maximum atomic E-state index is 3.73. The Balaban J connectivity index is 1.78. The Morgan fingerprint density at radius 2 is 2.24 bits per heavy atom. The van der Waals surface area contributed by atoms with Crippen LogP contribution in [0.5, 0.6) is 0 Å². The molecule has 17 heavy (non-hydrogen) atoms. The van der Waals surface area contributed by atoms with Crippen molar-refractivity contribution in [2.45, 2.75) is 58.0 Å². The van der Waals surface area contributed by atoms with Gasteiger partial charge in [-0.05, 0) is 52.6 Å². The zero-order chi connectivity index (χ0) is 12.1. The molecule has 2 rings (SSSR count). The van der Waals surface area contributed by atoms with Crippen LogP contribution in [-0.4, -0.2) is 6.04 Å². The molecule has 2 unspecified atom stereocenters. The van der Waals surface area contributed by atoms with Gasteiger partial charge in [-0.1, -0.05) is 26.2 Å². The van der Waals surface area contributed by atoms with Crippen LogP contribution in [0.25, 0.3) is 0 Å². The SMILES string of the molecule is CCC1CCCC(NCc2sccc2Br)CC1. The van der Waals surface area contributed by atoms with Gasteiger partial charge >= 0.3 is 0 Å². The van der Waals surface area contributed by atoms with Crippen molar-refractivity contribution in [1.29, 1.82) is 0 Å². The predicted octanol–water partition coefficient (Wildman–Crippen LogP) is 4.96. The van der Waals surface area contributed by atoms with E-state index in [1.807, 2.05) is 11.3 Å². The van der Waals surface area contributed by atoms with E-state index < -0.39 is 0 Å². The molecule has 1 nitrogen and oxygen atoms in total. The van der Waals surface area contributed by atoms with Gasteiger partial charge in [0.15, 0.2) is 0 Å². The second-order valence-electron chi connectivity index (χ2n) is 5.05. The van der Waals surface area contributed by atoms with E-state index in [1.54, 1.807) is 0 Å². The number of halogens is 1. The number of rotatable bonds is 4. The summed E-state index contributed by atoms with van der Waals surface area (Å²) in [6.45, 7) is 3.36. The van der Waals surface area contributed by atoms with E-state index in [0.29, 0.717) is 0 Å². The molecule has 0 spiro atoms. The standard InChI is InChI=1S/C14H22BrNS/c1-2-11-4-3-5-12(7-6-11)16-10-14-13(15)8-9-17-14/h8-9,11-12,16H,2-7,10H2,1H3. The van der Waals surface area contributed by atoms with Crippen LogP contribution in [0.2, 0.25) is 0 Å². The quantitative estimate of drug-likeness (QED) is 0.774. The molecule has 1 aromatic heterocycles. The lowest BCUT2D eigenvalue weighted by Gasteiger charge is -2.16. The van der Waals surface area contributed by atoms with Crippen molar-refractivity contribution in [1.82, 2.24) is 5.32 Å². The predicted molar refractivity (Wildman–Crippen MR) is 79.5 cm³/mol. The molecule has 1 saturated carbocycles. The Kier molecular flexibility index (Phi) is 5.51. The molecule has 1 aliphatic carbocycles. The van der Waals surface area contributed by atoms with E-state index in [9.17, 15) is 0 Å². The first kappa shape index (κ1) is 13.6. The van der Waals surface area contributed by atoms with E-state index >= 15 is 0 Å². The third-order valence-electron chi connectivity index (χ3n) is 3.91. The van der Waals surface area contributed by atoms with E-state index in [4.69, 9.17) is 0 Å². The van der Waals surface area contributed by atoms with Crippen molar-refractivity contribution >= 4 is 27.3 Å². The average molecular weight is 316 g/mol. The third kappa shape index (κ3) is 4.08. The topological polar surface area (TPSA) is 12.0 Å². The van der Waals surface area contributed by atoms with Gasteiger partial charge in [-0.3, -0.25) is 0 Å². The zero-order valence-electron chi connectivity index (χ0n) is 10.5. The lowest BCUT2D eigenvalue weighted by molar-refractivity contribution is 0.425. The third-order valence-corrected chi connectivity index (χ3v) is 5.83. The Bertz CT molecular complexity index is 337. The highest BCUT2D eigenvalue weighted by Crippen LogP contribution is 2.27. The van der Waals surface area contributed by atoms with Gasteiger partial charge in [-0.2, -0.15) is 0 Å². The van der Waals surface area contributed by atoms with Gasteiger partial charge in [-0.25, -0.2) is 0 Å². The maximum Gasteiger partial charge on any atom is 0.0327 e. The van der Waals surface area contributed by atoms with Crippen molar-refractivity contribution in [3.63, 3.8) is 0 Å². The van der Waals surface area contributed by atoms with Crippen LogP contribution in [0.15, 0.2) is 15.9 Å². The summed E-state index contributed by atoms with van der Waals surface area (Å²) in [7, 11) is 0. The first-order chi connectivity index (χ1) is 8.29.